The molecule has 4 heteroatoms. The van der Waals surface area contributed by atoms with E-state index in [9.17, 15) is 0 Å². The lowest BCUT2D eigenvalue weighted by atomic mass is 10.1. The molecule has 2 N–H and O–H groups in total. The van der Waals surface area contributed by atoms with E-state index in [4.69, 9.17) is 5.73 Å². The fourth-order valence-corrected chi connectivity index (χ4v) is 2.74. The number of hydrogen-bond donors (Lipinski definition) is 1. The maximum Gasteiger partial charge on any atom is 0.0940 e. The first-order valence-corrected chi connectivity index (χ1v) is 7.36. The minimum absolute atomic E-state index is 0.793. The standard InChI is InChI=1S/C12H14N2S2/c1-15-7-6-12-14-11(8-16-12)9-2-4-10(13)5-3-9/h2-5,8H,6-7,13H2,1H3. The largest absolute Gasteiger partial charge is 0.399 e. The summed E-state index contributed by atoms with van der Waals surface area (Å²) in [5.74, 6) is 1.13. The summed E-state index contributed by atoms with van der Waals surface area (Å²) in [7, 11) is 0. The van der Waals surface area contributed by atoms with Crippen molar-refractivity contribution < 1.29 is 0 Å². The zero-order chi connectivity index (χ0) is 11.4. The normalized spacial score (nSPS) is 10.6. The van der Waals surface area contributed by atoms with E-state index in [0.29, 0.717) is 0 Å². The van der Waals surface area contributed by atoms with E-state index in [0.717, 1.165) is 29.1 Å². The predicted octanol–water partition coefficient (Wildman–Crippen LogP) is 3.30. The lowest BCUT2D eigenvalue weighted by Crippen LogP contribution is -1.87. The van der Waals surface area contributed by atoms with Gasteiger partial charge in [-0.05, 0) is 24.1 Å². The van der Waals surface area contributed by atoms with Gasteiger partial charge in [-0.3, -0.25) is 0 Å². The van der Waals surface area contributed by atoms with Gasteiger partial charge in [0, 0.05) is 23.1 Å². The summed E-state index contributed by atoms with van der Waals surface area (Å²) in [6, 6.07) is 7.86. The molecule has 0 aliphatic rings. The van der Waals surface area contributed by atoms with Crippen LogP contribution in [0.25, 0.3) is 11.3 Å². The van der Waals surface area contributed by atoms with Crippen molar-refractivity contribution in [1.82, 2.24) is 4.98 Å². The molecule has 1 aromatic carbocycles. The quantitative estimate of drug-likeness (QED) is 0.846. The monoisotopic (exact) mass is 250 g/mol. The zero-order valence-electron chi connectivity index (χ0n) is 9.14. The third-order valence-corrected chi connectivity index (χ3v) is 3.80. The number of benzene rings is 1. The van der Waals surface area contributed by atoms with E-state index in [1.807, 2.05) is 36.0 Å². The molecule has 84 valence electrons. The second kappa shape index (κ2) is 5.37. The van der Waals surface area contributed by atoms with Gasteiger partial charge in [-0.2, -0.15) is 11.8 Å². The summed E-state index contributed by atoms with van der Waals surface area (Å²) in [6.45, 7) is 0. The average molecular weight is 250 g/mol. The number of thioether (sulfide) groups is 1. The lowest BCUT2D eigenvalue weighted by molar-refractivity contribution is 1.11. The number of anilines is 1. The van der Waals surface area contributed by atoms with Crippen molar-refractivity contribution in [1.29, 1.82) is 0 Å². The molecule has 0 spiro atoms. The van der Waals surface area contributed by atoms with Crippen LogP contribution in [0, 0.1) is 0 Å². The van der Waals surface area contributed by atoms with E-state index < -0.39 is 0 Å². The SMILES string of the molecule is CSCCc1nc(-c2ccc(N)cc2)cs1. The Hall–Kier alpha value is -1.00. The molecule has 0 fully saturated rings. The van der Waals surface area contributed by atoms with Gasteiger partial charge in [0.1, 0.15) is 0 Å². The van der Waals surface area contributed by atoms with Crippen LogP contribution in [0.15, 0.2) is 29.6 Å². The van der Waals surface area contributed by atoms with Crippen LogP contribution in [0.4, 0.5) is 5.69 Å². The Morgan fingerprint density at radius 2 is 2.06 bits per heavy atom. The van der Waals surface area contributed by atoms with E-state index in [1.165, 1.54) is 5.01 Å². The second-order valence-electron chi connectivity index (χ2n) is 3.49. The summed E-state index contributed by atoms with van der Waals surface area (Å²) in [5, 5.41) is 3.32. The fraction of sp³-hybridized carbons (Fsp3) is 0.250. The molecule has 16 heavy (non-hydrogen) atoms. The number of rotatable bonds is 4. The molecule has 0 aliphatic heterocycles. The number of nitrogens with two attached hydrogens (primary N) is 1. The van der Waals surface area contributed by atoms with Crippen LogP contribution >= 0.6 is 23.1 Å². The Balaban J connectivity index is 2.15. The van der Waals surface area contributed by atoms with Gasteiger partial charge in [0.05, 0.1) is 10.7 Å². The molecule has 1 heterocycles. The number of aryl methyl sites for hydroxylation is 1. The second-order valence-corrected chi connectivity index (χ2v) is 5.42. The molecule has 0 saturated heterocycles. The maximum absolute atomic E-state index is 5.66. The first-order valence-electron chi connectivity index (χ1n) is 5.09. The van der Waals surface area contributed by atoms with Gasteiger partial charge < -0.3 is 5.73 Å². The molecule has 2 nitrogen and oxygen atoms in total. The summed E-state index contributed by atoms with van der Waals surface area (Å²) >= 11 is 3.59. The van der Waals surface area contributed by atoms with Crippen LogP contribution in [-0.2, 0) is 6.42 Å². The Labute approximate surface area is 104 Å². The molecule has 0 saturated carbocycles. The highest BCUT2D eigenvalue weighted by atomic mass is 32.2. The smallest absolute Gasteiger partial charge is 0.0940 e. The molecule has 2 aromatic rings. The van der Waals surface area contributed by atoms with Crippen LogP contribution in [-0.4, -0.2) is 17.0 Å². The summed E-state index contributed by atoms with van der Waals surface area (Å²) < 4.78 is 0. The van der Waals surface area contributed by atoms with Gasteiger partial charge in [-0.25, -0.2) is 4.98 Å². The summed E-state index contributed by atoms with van der Waals surface area (Å²) in [6.07, 6.45) is 3.18. The highest BCUT2D eigenvalue weighted by Crippen LogP contribution is 2.23. The fourth-order valence-electron chi connectivity index (χ4n) is 1.40. The summed E-state index contributed by atoms with van der Waals surface area (Å²) in [4.78, 5) is 4.61. The lowest BCUT2D eigenvalue weighted by Gasteiger charge is -1.97. The van der Waals surface area contributed by atoms with Gasteiger partial charge in [0.15, 0.2) is 0 Å². The van der Waals surface area contributed by atoms with Gasteiger partial charge in [0.25, 0.3) is 0 Å². The number of aromatic nitrogens is 1. The topological polar surface area (TPSA) is 38.9 Å². The van der Waals surface area contributed by atoms with Crippen LogP contribution in [0.3, 0.4) is 0 Å². The Bertz CT molecular complexity index is 448. The average Bonchev–Trinajstić information content (AvgIpc) is 2.76. The van der Waals surface area contributed by atoms with Crippen LogP contribution in [0.5, 0.6) is 0 Å². The predicted molar refractivity (Wildman–Crippen MR) is 74.0 cm³/mol. The summed E-state index contributed by atoms with van der Waals surface area (Å²) in [5.41, 5.74) is 8.64. The van der Waals surface area contributed by atoms with E-state index >= 15 is 0 Å². The van der Waals surface area contributed by atoms with Crippen molar-refractivity contribution in [2.24, 2.45) is 0 Å². The molecule has 2 rings (SSSR count). The Kier molecular flexibility index (Phi) is 3.85. The minimum atomic E-state index is 0.793. The first kappa shape index (κ1) is 11.5. The molecule has 0 bridgehead atoms. The van der Waals surface area contributed by atoms with Crippen molar-refractivity contribution >= 4 is 28.8 Å². The molecule has 0 radical (unpaired) electrons. The minimum Gasteiger partial charge on any atom is -0.399 e. The third-order valence-electron chi connectivity index (χ3n) is 2.28. The van der Waals surface area contributed by atoms with E-state index in [1.54, 1.807) is 11.3 Å². The van der Waals surface area contributed by atoms with Gasteiger partial charge in [-0.1, -0.05) is 12.1 Å². The number of nitrogen functional groups attached to an aromatic ring is 1. The van der Waals surface area contributed by atoms with Gasteiger partial charge in [-0.15, -0.1) is 11.3 Å². The van der Waals surface area contributed by atoms with E-state index in [2.05, 4.69) is 16.6 Å². The van der Waals surface area contributed by atoms with Crippen molar-refractivity contribution in [3.63, 3.8) is 0 Å². The Morgan fingerprint density at radius 3 is 2.75 bits per heavy atom. The number of hydrogen-bond acceptors (Lipinski definition) is 4. The van der Waals surface area contributed by atoms with E-state index in [-0.39, 0.29) is 0 Å². The molecule has 0 atom stereocenters. The molecular formula is C12H14N2S2. The number of nitrogens with zero attached hydrogens (tertiary/aromatic N) is 1. The van der Waals surface area contributed by atoms with Gasteiger partial charge >= 0.3 is 0 Å². The third kappa shape index (κ3) is 2.77. The first-order chi connectivity index (χ1) is 7.79. The zero-order valence-corrected chi connectivity index (χ0v) is 10.8. The Morgan fingerprint density at radius 1 is 1.31 bits per heavy atom. The van der Waals surface area contributed by atoms with Crippen LogP contribution in [0.2, 0.25) is 0 Å². The van der Waals surface area contributed by atoms with Crippen molar-refractivity contribution in [3.8, 4) is 11.3 Å². The number of thiazole rings is 1. The highest BCUT2D eigenvalue weighted by molar-refractivity contribution is 7.98. The highest BCUT2D eigenvalue weighted by Gasteiger charge is 2.03. The molecule has 0 unspecified atom stereocenters. The van der Waals surface area contributed by atoms with Crippen molar-refractivity contribution in [3.05, 3.63) is 34.7 Å². The van der Waals surface area contributed by atoms with Gasteiger partial charge in [0.2, 0.25) is 0 Å². The van der Waals surface area contributed by atoms with Crippen LogP contribution in [0.1, 0.15) is 5.01 Å². The molecular weight excluding hydrogens is 236 g/mol. The molecule has 0 aliphatic carbocycles. The molecule has 1 aromatic heterocycles. The maximum atomic E-state index is 5.66. The van der Waals surface area contributed by atoms with Crippen molar-refractivity contribution in [2.75, 3.05) is 17.7 Å². The van der Waals surface area contributed by atoms with Crippen LogP contribution < -0.4 is 5.73 Å². The molecule has 0 amide bonds. The van der Waals surface area contributed by atoms with Crippen molar-refractivity contribution in [2.45, 2.75) is 6.42 Å².